The highest BCUT2D eigenvalue weighted by atomic mass is 32.2. The summed E-state index contributed by atoms with van der Waals surface area (Å²) in [6.45, 7) is 0. The molecule has 1 N–H and O–H groups in total. The highest BCUT2D eigenvalue weighted by Gasteiger charge is 2.01. The maximum atomic E-state index is 7.56. The molecular formula is C10H7N3OS. The predicted octanol–water partition coefficient (Wildman–Crippen LogP) is 2.24. The van der Waals surface area contributed by atoms with Crippen LogP contribution < -0.4 is 10.3 Å². The molecule has 5 heteroatoms. The van der Waals surface area contributed by atoms with Gasteiger partial charge in [0.1, 0.15) is 10.8 Å². The SMILES string of the molecule is C1=Cc2ccccc2ON1.N#CSC#N. The van der Waals surface area contributed by atoms with Crippen LogP contribution in [-0.4, -0.2) is 0 Å². The molecule has 0 saturated carbocycles. The maximum absolute atomic E-state index is 7.56. The highest BCUT2D eigenvalue weighted by molar-refractivity contribution is 8.07. The second kappa shape index (κ2) is 6.36. The summed E-state index contributed by atoms with van der Waals surface area (Å²) in [7, 11) is 0. The molecule has 0 radical (unpaired) electrons. The molecule has 0 atom stereocenters. The first kappa shape index (κ1) is 11.0. The van der Waals surface area contributed by atoms with E-state index >= 15 is 0 Å². The molecule has 4 nitrogen and oxygen atoms in total. The van der Waals surface area contributed by atoms with Gasteiger partial charge in [-0.1, -0.05) is 18.2 Å². The lowest BCUT2D eigenvalue weighted by Gasteiger charge is -2.11. The number of nitriles is 2. The first-order valence-electron chi connectivity index (χ1n) is 4.00. The summed E-state index contributed by atoms with van der Waals surface area (Å²) in [5.41, 5.74) is 3.77. The smallest absolute Gasteiger partial charge is 0.162 e. The number of para-hydroxylation sites is 1. The Balaban J connectivity index is 0.000000195. The third-order valence-electron chi connectivity index (χ3n) is 1.51. The number of hydrogen-bond acceptors (Lipinski definition) is 5. The summed E-state index contributed by atoms with van der Waals surface area (Å²) in [4.78, 5) is 5.09. The Labute approximate surface area is 91.7 Å². The second-order valence-corrected chi connectivity index (χ2v) is 2.94. The van der Waals surface area contributed by atoms with E-state index in [0.717, 1.165) is 11.3 Å². The minimum atomic E-state index is 0.574. The Hall–Kier alpha value is -2.11. The first-order valence-corrected chi connectivity index (χ1v) is 4.82. The third-order valence-corrected chi connectivity index (χ3v) is 1.69. The summed E-state index contributed by atoms with van der Waals surface area (Å²) >= 11 is 0.574. The topological polar surface area (TPSA) is 68.8 Å². The molecule has 0 unspecified atom stereocenters. The molecule has 1 aromatic rings. The van der Waals surface area contributed by atoms with Gasteiger partial charge in [0.2, 0.25) is 0 Å². The molecular weight excluding hydrogens is 210 g/mol. The van der Waals surface area contributed by atoms with Crippen LogP contribution in [0.3, 0.4) is 0 Å². The predicted molar refractivity (Wildman–Crippen MR) is 58.1 cm³/mol. The Morgan fingerprint density at radius 2 is 1.93 bits per heavy atom. The molecule has 0 aromatic heterocycles. The van der Waals surface area contributed by atoms with Crippen molar-refractivity contribution in [2.75, 3.05) is 0 Å². The van der Waals surface area contributed by atoms with Gasteiger partial charge in [-0.3, -0.25) is 0 Å². The molecule has 1 aliphatic rings. The largest absolute Gasteiger partial charge is 0.382 e. The van der Waals surface area contributed by atoms with E-state index in [1.54, 1.807) is 17.0 Å². The van der Waals surface area contributed by atoms with Crippen LogP contribution in [0.15, 0.2) is 30.5 Å². The molecule has 15 heavy (non-hydrogen) atoms. The monoisotopic (exact) mass is 217 g/mol. The standard InChI is InChI=1S/C8H7NO.C2N2S/c1-2-4-8-7(3-1)5-6-9-10-8;3-1-5-2-4/h1-6,9H;. The summed E-state index contributed by atoms with van der Waals surface area (Å²) in [6.07, 6.45) is 3.74. The van der Waals surface area contributed by atoms with Crippen molar-refractivity contribution >= 4 is 17.8 Å². The van der Waals surface area contributed by atoms with E-state index in [1.807, 2.05) is 30.3 Å². The molecule has 1 aliphatic heterocycles. The molecule has 74 valence electrons. The van der Waals surface area contributed by atoms with Crippen LogP contribution in [-0.2, 0) is 0 Å². The average molecular weight is 217 g/mol. The van der Waals surface area contributed by atoms with Crippen molar-refractivity contribution in [1.82, 2.24) is 5.48 Å². The number of hydrogen-bond donors (Lipinski definition) is 1. The lowest BCUT2D eigenvalue weighted by Crippen LogP contribution is -2.13. The van der Waals surface area contributed by atoms with Gasteiger partial charge in [-0.05, 0) is 12.1 Å². The number of nitrogens with zero attached hydrogens (tertiary/aromatic N) is 2. The minimum absolute atomic E-state index is 0.574. The number of nitrogens with one attached hydrogen (secondary N) is 1. The van der Waals surface area contributed by atoms with Crippen LogP contribution in [0.25, 0.3) is 6.08 Å². The van der Waals surface area contributed by atoms with Gasteiger partial charge in [0.25, 0.3) is 0 Å². The van der Waals surface area contributed by atoms with E-state index in [9.17, 15) is 0 Å². The summed E-state index contributed by atoms with van der Waals surface area (Å²) in [5, 5.41) is 18.3. The highest BCUT2D eigenvalue weighted by Crippen LogP contribution is 2.20. The van der Waals surface area contributed by atoms with Gasteiger partial charge in [0.05, 0.1) is 11.8 Å². The maximum Gasteiger partial charge on any atom is 0.162 e. The van der Waals surface area contributed by atoms with Crippen molar-refractivity contribution in [2.45, 2.75) is 0 Å². The minimum Gasteiger partial charge on any atom is -0.382 e. The summed E-state index contributed by atoms with van der Waals surface area (Å²) in [6, 6.07) is 7.86. The molecule has 0 aliphatic carbocycles. The fourth-order valence-electron chi connectivity index (χ4n) is 0.953. The van der Waals surface area contributed by atoms with E-state index in [1.165, 1.54) is 0 Å². The van der Waals surface area contributed by atoms with E-state index in [2.05, 4.69) is 5.48 Å². The number of benzene rings is 1. The number of thioether (sulfide) groups is 1. The number of thiocyanates is 2. The van der Waals surface area contributed by atoms with Gasteiger partial charge in [0, 0.05) is 11.8 Å². The van der Waals surface area contributed by atoms with E-state index in [-0.39, 0.29) is 0 Å². The van der Waals surface area contributed by atoms with E-state index in [4.69, 9.17) is 15.4 Å². The van der Waals surface area contributed by atoms with Gasteiger partial charge < -0.3 is 4.84 Å². The molecule has 1 aromatic carbocycles. The zero-order valence-electron chi connectivity index (χ0n) is 7.68. The normalized spacial score (nSPS) is 10.3. The Morgan fingerprint density at radius 3 is 2.53 bits per heavy atom. The van der Waals surface area contributed by atoms with Gasteiger partial charge >= 0.3 is 0 Å². The van der Waals surface area contributed by atoms with Crippen molar-refractivity contribution < 1.29 is 4.84 Å². The second-order valence-electron chi connectivity index (χ2n) is 2.38. The average Bonchev–Trinajstić information content (AvgIpc) is 2.31. The Bertz CT molecular complexity index is 419. The summed E-state index contributed by atoms with van der Waals surface area (Å²) < 4.78 is 0. The van der Waals surface area contributed by atoms with E-state index in [0.29, 0.717) is 11.8 Å². The van der Waals surface area contributed by atoms with Crippen molar-refractivity contribution in [3.05, 3.63) is 36.0 Å². The van der Waals surface area contributed by atoms with Crippen LogP contribution in [0.5, 0.6) is 5.75 Å². The third kappa shape index (κ3) is 3.63. The van der Waals surface area contributed by atoms with Crippen LogP contribution in [0.2, 0.25) is 0 Å². The fraction of sp³-hybridized carbons (Fsp3) is 0. The van der Waals surface area contributed by atoms with Crippen LogP contribution >= 0.6 is 11.8 Å². The number of fused-ring (bicyclic) bond motifs is 1. The van der Waals surface area contributed by atoms with Crippen molar-refractivity contribution in [1.29, 1.82) is 10.5 Å². The van der Waals surface area contributed by atoms with Gasteiger partial charge in [0.15, 0.2) is 5.75 Å². The lowest BCUT2D eigenvalue weighted by molar-refractivity contribution is 0.239. The first-order chi connectivity index (χ1) is 7.38. The van der Waals surface area contributed by atoms with Crippen molar-refractivity contribution in [3.63, 3.8) is 0 Å². The molecule has 0 fully saturated rings. The lowest BCUT2D eigenvalue weighted by atomic mass is 10.2. The molecule has 2 rings (SSSR count). The number of hydroxylamine groups is 1. The van der Waals surface area contributed by atoms with Crippen LogP contribution in [0, 0.1) is 21.3 Å². The molecule has 0 spiro atoms. The molecule has 0 saturated heterocycles. The molecule has 1 heterocycles. The van der Waals surface area contributed by atoms with Crippen molar-refractivity contribution in [2.24, 2.45) is 0 Å². The molecule has 0 amide bonds. The zero-order valence-corrected chi connectivity index (χ0v) is 8.49. The van der Waals surface area contributed by atoms with Crippen molar-refractivity contribution in [3.8, 4) is 16.6 Å². The van der Waals surface area contributed by atoms with E-state index < -0.39 is 0 Å². The van der Waals surface area contributed by atoms with Crippen LogP contribution in [0.4, 0.5) is 0 Å². The summed E-state index contributed by atoms with van der Waals surface area (Å²) in [5.74, 6) is 0.880. The van der Waals surface area contributed by atoms with Crippen LogP contribution in [0.1, 0.15) is 5.56 Å². The van der Waals surface area contributed by atoms with Gasteiger partial charge in [-0.2, -0.15) is 10.5 Å². The number of rotatable bonds is 0. The Kier molecular flexibility index (Phi) is 4.65. The van der Waals surface area contributed by atoms with Gasteiger partial charge in [-0.25, -0.2) is 5.48 Å². The molecule has 0 bridgehead atoms. The zero-order chi connectivity index (χ0) is 10.9. The Morgan fingerprint density at radius 1 is 1.20 bits per heavy atom. The van der Waals surface area contributed by atoms with Gasteiger partial charge in [-0.15, -0.1) is 0 Å². The fourth-order valence-corrected chi connectivity index (χ4v) is 0.994. The quantitative estimate of drug-likeness (QED) is 0.675.